The van der Waals surface area contributed by atoms with Gasteiger partial charge in [0.15, 0.2) is 0 Å². The van der Waals surface area contributed by atoms with Crippen LogP contribution in [0.3, 0.4) is 0 Å². The highest BCUT2D eigenvalue weighted by Crippen LogP contribution is 2.23. The summed E-state index contributed by atoms with van der Waals surface area (Å²) in [6, 6.07) is 12.9. The number of aliphatic hydroxyl groups is 1. The standard InChI is InChI=1S/C21H24O4/c1-4-15(2)17-6-9-19(10-7-17)25-21(23)12-8-18-13-16(14-22)5-11-20(18)24-3/h5-13,15,22H,4,14H2,1-3H3/b12-8+. The zero-order valence-electron chi connectivity index (χ0n) is 14.9. The largest absolute Gasteiger partial charge is 0.496 e. The van der Waals surface area contributed by atoms with Crippen LogP contribution in [0, 0.1) is 0 Å². The molecule has 1 atom stereocenters. The predicted octanol–water partition coefficient (Wildman–Crippen LogP) is 4.32. The second-order valence-corrected chi connectivity index (χ2v) is 5.87. The van der Waals surface area contributed by atoms with Crippen LogP contribution in [-0.4, -0.2) is 18.2 Å². The first-order valence-corrected chi connectivity index (χ1v) is 8.35. The van der Waals surface area contributed by atoms with E-state index >= 15 is 0 Å². The van der Waals surface area contributed by atoms with E-state index in [2.05, 4.69) is 13.8 Å². The van der Waals surface area contributed by atoms with Gasteiger partial charge in [0.2, 0.25) is 0 Å². The Hall–Kier alpha value is -2.59. The van der Waals surface area contributed by atoms with E-state index in [4.69, 9.17) is 9.47 Å². The molecule has 2 aromatic carbocycles. The second-order valence-electron chi connectivity index (χ2n) is 5.87. The van der Waals surface area contributed by atoms with Crippen LogP contribution in [-0.2, 0) is 11.4 Å². The SMILES string of the molecule is CCC(C)c1ccc(OC(=O)/C=C/c2cc(CO)ccc2OC)cc1. The van der Waals surface area contributed by atoms with Crippen LogP contribution in [0.2, 0.25) is 0 Å². The molecule has 132 valence electrons. The topological polar surface area (TPSA) is 55.8 Å². The Bertz CT molecular complexity index is 732. The molecule has 0 saturated heterocycles. The zero-order valence-corrected chi connectivity index (χ0v) is 14.9. The van der Waals surface area contributed by atoms with Crippen molar-refractivity contribution in [1.82, 2.24) is 0 Å². The number of rotatable bonds is 7. The van der Waals surface area contributed by atoms with Crippen molar-refractivity contribution in [3.05, 3.63) is 65.2 Å². The van der Waals surface area contributed by atoms with Crippen molar-refractivity contribution < 1.29 is 19.4 Å². The number of methoxy groups -OCH3 is 1. The summed E-state index contributed by atoms with van der Waals surface area (Å²) in [6.07, 6.45) is 4.03. The average Bonchev–Trinajstić information content (AvgIpc) is 2.66. The van der Waals surface area contributed by atoms with Gasteiger partial charge in [0.1, 0.15) is 11.5 Å². The van der Waals surface area contributed by atoms with Crippen LogP contribution in [0.1, 0.15) is 42.9 Å². The first-order valence-electron chi connectivity index (χ1n) is 8.35. The van der Waals surface area contributed by atoms with Gasteiger partial charge in [-0.1, -0.05) is 32.0 Å². The van der Waals surface area contributed by atoms with Crippen molar-refractivity contribution in [2.75, 3.05) is 7.11 Å². The predicted molar refractivity (Wildman–Crippen MR) is 98.7 cm³/mol. The van der Waals surface area contributed by atoms with Crippen molar-refractivity contribution >= 4 is 12.0 Å². The minimum Gasteiger partial charge on any atom is -0.496 e. The molecule has 0 saturated carbocycles. The summed E-state index contributed by atoms with van der Waals surface area (Å²) in [7, 11) is 1.56. The van der Waals surface area contributed by atoms with Crippen LogP contribution in [0.5, 0.6) is 11.5 Å². The number of benzene rings is 2. The average molecular weight is 340 g/mol. The van der Waals surface area contributed by atoms with Crippen LogP contribution in [0.25, 0.3) is 6.08 Å². The van der Waals surface area contributed by atoms with E-state index in [-0.39, 0.29) is 6.61 Å². The highest BCUT2D eigenvalue weighted by atomic mass is 16.5. The summed E-state index contributed by atoms with van der Waals surface area (Å²) in [6.45, 7) is 4.24. The number of aliphatic hydroxyl groups excluding tert-OH is 1. The van der Waals surface area contributed by atoms with Gasteiger partial charge in [0, 0.05) is 11.6 Å². The molecule has 1 N–H and O–H groups in total. The third kappa shape index (κ3) is 5.19. The molecule has 2 aromatic rings. The summed E-state index contributed by atoms with van der Waals surface area (Å²) in [5.41, 5.74) is 2.68. The van der Waals surface area contributed by atoms with Gasteiger partial charge in [-0.3, -0.25) is 0 Å². The maximum Gasteiger partial charge on any atom is 0.336 e. The first kappa shape index (κ1) is 18.7. The maximum absolute atomic E-state index is 12.0. The number of carbonyl (C=O) groups excluding carboxylic acids is 1. The molecular weight excluding hydrogens is 316 g/mol. The molecule has 2 rings (SSSR count). The van der Waals surface area contributed by atoms with Crippen molar-refractivity contribution in [2.24, 2.45) is 0 Å². The number of ether oxygens (including phenoxy) is 2. The Morgan fingerprint density at radius 1 is 1.20 bits per heavy atom. The van der Waals surface area contributed by atoms with Gasteiger partial charge in [0.25, 0.3) is 0 Å². The van der Waals surface area contributed by atoms with E-state index in [0.29, 0.717) is 23.0 Å². The zero-order chi connectivity index (χ0) is 18.2. The molecule has 1 unspecified atom stereocenters. The fourth-order valence-corrected chi connectivity index (χ4v) is 2.42. The monoisotopic (exact) mass is 340 g/mol. The summed E-state index contributed by atoms with van der Waals surface area (Å²) in [5.74, 6) is 1.15. The molecule has 4 nitrogen and oxygen atoms in total. The molecule has 0 aliphatic carbocycles. The molecule has 0 bridgehead atoms. The van der Waals surface area contributed by atoms with Crippen LogP contribution >= 0.6 is 0 Å². The Balaban J connectivity index is 2.06. The van der Waals surface area contributed by atoms with Crippen molar-refractivity contribution in [1.29, 1.82) is 0 Å². The number of hydrogen-bond acceptors (Lipinski definition) is 4. The molecule has 0 spiro atoms. The van der Waals surface area contributed by atoms with Crippen LogP contribution < -0.4 is 9.47 Å². The first-order chi connectivity index (χ1) is 12.1. The maximum atomic E-state index is 12.0. The Kier molecular flexibility index (Phi) is 6.78. The normalized spacial score (nSPS) is 12.2. The molecule has 0 heterocycles. The summed E-state index contributed by atoms with van der Waals surface area (Å²) >= 11 is 0. The van der Waals surface area contributed by atoms with E-state index in [9.17, 15) is 9.90 Å². The molecular formula is C21H24O4. The number of hydrogen-bond donors (Lipinski definition) is 1. The lowest BCUT2D eigenvalue weighted by Crippen LogP contribution is -2.04. The van der Waals surface area contributed by atoms with Crippen molar-refractivity contribution in [3.63, 3.8) is 0 Å². The Morgan fingerprint density at radius 2 is 1.92 bits per heavy atom. The quantitative estimate of drug-likeness (QED) is 0.463. The van der Waals surface area contributed by atoms with Gasteiger partial charge < -0.3 is 14.6 Å². The summed E-state index contributed by atoms with van der Waals surface area (Å²) < 4.78 is 10.6. The smallest absolute Gasteiger partial charge is 0.336 e. The second kappa shape index (κ2) is 9.04. The highest BCUT2D eigenvalue weighted by Gasteiger charge is 2.06. The lowest BCUT2D eigenvalue weighted by molar-refractivity contribution is -0.128. The molecule has 0 aromatic heterocycles. The van der Waals surface area contributed by atoms with Crippen molar-refractivity contribution in [3.8, 4) is 11.5 Å². The minimum atomic E-state index is -0.465. The fraction of sp³-hybridized carbons (Fsp3) is 0.286. The van der Waals surface area contributed by atoms with Gasteiger partial charge in [-0.25, -0.2) is 4.79 Å². The molecule has 0 fully saturated rings. The Labute approximate surface area is 148 Å². The molecule has 4 heteroatoms. The van der Waals surface area contributed by atoms with Gasteiger partial charge in [-0.2, -0.15) is 0 Å². The lowest BCUT2D eigenvalue weighted by atomic mass is 9.99. The molecule has 25 heavy (non-hydrogen) atoms. The molecule has 0 aliphatic rings. The van der Waals surface area contributed by atoms with Crippen LogP contribution in [0.15, 0.2) is 48.5 Å². The van der Waals surface area contributed by atoms with Gasteiger partial charge >= 0.3 is 5.97 Å². The van der Waals surface area contributed by atoms with Gasteiger partial charge in [0.05, 0.1) is 13.7 Å². The van der Waals surface area contributed by atoms with Gasteiger partial charge in [-0.05, 0) is 53.8 Å². The van der Waals surface area contributed by atoms with E-state index < -0.39 is 5.97 Å². The van der Waals surface area contributed by atoms with Crippen LogP contribution in [0.4, 0.5) is 0 Å². The number of esters is 1. The molecule has 0 amide bonds. The van der Waals surface area contributed by atoms with Crippen molar-refractivity contribution in [2.45, 2.75) is 32.8 Å². The number of carbonyl (C=O) groups is 1. The van der Waals surface area contributed by atoms with E-state index in [1.54, 1.807) is 43.5 Å². The minimum absolute atomic E-state index is 0.0716. The van der Waals surface area contributed by atoms with E-state index in [0.717, 1.165) is 12.0 Å². The Morgan fingerprint density at radius 3 is 2.52 bits per heavy atom. The lowest BCUT2D eigenvalue weighted by Gasteiger charge is -2.09. The summed E-state index contributed by atoms with van der Waals surface area (Å²) in [5, 5.41) is 9.22. The van der Waals surface area contributed by atoms with E-state index in [1.807, 2.05) is 12.1 Å². The van der Waals surface area contributed by atoms with Gasteiger partial charge in [-0.15, -0.1) is 0 Å². The summed E-state index contributed by atoms with van der Waals surface area (Å²) in [4.78, 5) is 12.0. The third-order valence-electron chi connectivity index (χ3n) is 4.16. The highest BCUT2D eigenvalue weighted by molar-refractivity contribution is 5.89. The fourth-order valence-electron chi connectivity index (χ4n) is 2.42. The molecule has 0 aliphatic heterocycles. The third-order valence-corrected chi connectivity index (χ3v) is 4.16. The molecule has 0 radical (unpaired) electrons. The van der Waals surface area contributed by atoms with E-state index in [1.165, 1.54) is 11.6 Å².